The third-order valence-electron chi connectivity index (χ3n) is 8.48. The summed E-state index contributed by atoms with van der Waals surface area (Å²) in [5.41, 5.74) is 0. The lowest BCUT2D eigenvalue weighted by molar-refractivity contribution is -0.158. The summed E-state index contributed by atoms with van der Waals surface area (Å²) in [5, 5.41) is 3.04. The monoisotopic (exact) mass is 589 g/mol. The molecule has 0 aliphatic carbocycles. The molecule has 0 atom stereocenters. The zero-order valence-corrected chi connectivity index (χ0v) is 28.8. The highest BCUT2D eigenvalue weighted by molar-refractivity contribution is 5.81. The van der Waals surface area contributed by atoms with Crippen LogP contribution < -0.4 is 0 Å². The van der Waals surface area contributed by atoms with Crippen LogP contribution in [0.4, 0.5) is 0 Å². The molecule has 0 rings (SSSR count). The molecule has 42 heavy (non-hydrogen) atoms. The van der Waals surface area contributed by atoms with E-state index in [2.05, 4.69) is 38.2 Å². The van der Waals surface area contributed by atoms with Gasteiger partial charge in [-0.05, 0) is 64.2 Å². The summed E-state index contributed by atoms with van der Waals surface area (Å²) in [6.07, 6.45) is 43.1. The van der Waals surface area contributed by atoms with E-state index < -0.39 is 0 Å². The highest BCUT2D eigenvalue weighted by Crippen LogP contribution is 2.13. The molecule has 246 valence electrons. The van der Waals surface area contributed by atoms with Gasteiger partial charge in [-0.2, -0.15) is 0 Å². The average Bonchev–Trinajstić information content (AvgIpc) is 3.00. The number of hydrazine groups is 1. The third kappa shape index (κ3) is 27.3. The maximum absolute atomic E-state index is 12.6. The van der Waals surface area contributed by atoms with Gasteiger partial charge in [0, 0.05) is 26.9 Å². The lowest BCUT2D eigenvalue weighted by Crippen LogP contribution is -2.44. The van der Waals surface area contributed by atoms with Crippen LogP contribution in [0.1, 0.15) is 194 Å². The van der Waals surface area contributed by atoms with Crippen molar-refractivity contribution in [3.05, 3.63) is 24.3 Å². The zero-order chi connectivity index (χ0) is 30.9. The number of hydrogen-bond donors (Lipinski definition) is 0. The fourth-order valence-electron chi connectivity index (χ4n) is 5.35. The van der Waals surface area contributed by atoms with E-state index in [-0.39, 0.29) is 11.8 Å². The van der Waals surface area contributed by atoms with E-state index in [1.165, 1.54) is 151 Å². The van der Waals surface area contributed by atoms with Crippen molar-refractivity contribution in [2.75, 3.05) is 14.1 Å². The molecule has 0 aromatic heterocycles. The van der Waals surface area contributed by atoms with E-state index in [0.29, 0.717) is 12.8 Å². The van der Waals surface area contributed by atoms with Gasteiger partial charge in [0.2, 0.25) is 11.8 Å². The minimum absolute atomic E-state index is 0.0491. The molecule has 4 nitrogen and oxygen atoms in total. The summed E-state index contributed by atoms with van der Waals surface area (Å²) < 4.78 is 0. The number of carbonyl (C=O) groups excluding carboxylic acids is 2. The number of nitrogens with zero attached hydrogens (tertiary/aromatic N) is 2. The minimum atomic E-state index is 0.0491. The lowest BCUT2D eigenvalue weighted by Gasteiger charge is -2.28. The molecule has 0 spiro atoms. The van der Waals surface area contributed by atoms with Gasteiger partial charge in [0.25, 0.3) is 0 Å². The van der Waals surface area contributed by atoms with Gasteiger partial charge in [-0.3, -0.25) is 19.6 Å². The van der Waals surface area contributed by atoms with Crippen molar-refractivity contribution in [3.8, 4) is 0 Å². The number of rotatable bonds is 30. The van der Waals surface area contributed by atoms with E-state index in [9.17, 15) is 9.59 Å². The average molecular weight is 589 g/mol. The summed E-state index contributed by atoms with van der Waals surface area (Å²) in [5.74, 6) is 0.0982. The molecule has 0 heterocycles. The lowest BCUT2D eigenvalue weighted by atomic mass is 10.1. The second kappa shape index (κ2) is 32.3. The van der Waals surface area contributed by atoms with Crippen LogP contribution in [-0.4, -0.2) is 35.9 Å². The Labute approximate surface area is 263 Å². The Morgan fingerprint density at radius 2 is 0.619 bits per heavy atom. The van der Waals surface area contributed by atoms with Crippen LogP contribution in [0, 0.1) is 0 Å². The molecule has 4 heteroatoms. The predicted molar refractivity (Wildman–Crippen MR) is 184 cm³/mol. The molecular weight excluding hydrogens is 516 g/mol. The van der Waals surface area contributed by atoms with Gasteiger partial charge in [0.15, 0.2) is 0 Å². The summed E-state index contributed by atoms with van der Waals surface area (Å²) in [4.78, 5) is 25.1. The first-order valence-corrected chi connectivity index (χ1v) is 18.4. The summed E-state index contributed by atoms with van der Waals surface area (Å²) in [6.45, 7) is 4.54. The number of carbonyl (C=O) groups is 2. The van der Waals surface area contributed by atoms with Gasteiger partial charge in [0.1, 0.15) is 0 Å². The number of allylic oxidation sites excluding steroid dienone is 4. The molecule has 0 aromatic carbocycles. The predicted octanol–water partition coefficient (Wildman–Crippen LogP) is 11.9. The highest BCUT2D eigenvalue weighted by Gasteiger charge is 2.18. The van der Waals surface area contributed by atoms with Crippen molar-refractivity contribution < 1.29 is 9.59 Å². The van der Waals surface area contributed by atoms with Crippen LogP contribution in [0.2, 0.25) is 0 Å². The summed E-state index contributed by atoms with van der Waals surface area (Å²) >= 11 is 0. The fraction of sp³-hybridized carbons (Fsp3) is 0.842. The first kappa shape index (κ1) is 40.4. The van der Waals surface area contributed by atoms with Gasteiger partial charge in [-0.25, -0.2) is 0 Å². The van der Waals surface area contributed by atoms with Crippen molar-refractivity contribution >= 4 is 11.8 Å². The van der Waals surface area contributed by atoms with Crippen LogP contribution >= 0.6 is 0 Å². The minimum Gasteiger partial charge on any atom is -0.273 e. The second-order valence-electron chi connectivity index (χ2n) is 12.5. The fourth-order valence-corrected chi connectivity index (χ4v) is 5.35. The van der Waals surface area contributed by atoms with E-state index >= 15 is 0 Å². The first-order chi connectivity index (χ1) is 20.5. The standard InChI is InChI=1S/C38H72N2O2/c1-5-7-9-11-13-15-17-19-21-23-25-27-29-31-33-35-37(41)39(3)40(4)38(42)36-34-32-30-28-26-24-22-20-18-16-14-12-10-8-6-2/h19-22H,5-18,23-36H2,1-4H3/b21-19-,22-20+. The van der Waals surface area contributed by atoms with Crippen LogP contribution in [0.3, 0.4) is 0 Å². The molecule has 2 amide bonds. The molecule has 0 aliphatic rings. The molecule has 0 unspecified atom stereocenters. The molecule has 0 bridgehead atoms. The largest absolute Gasteiger partial charge is 0.273 e. The smallest absolute Gasteiger partial charge is 0.240 e. The Morgan fingerprint density at radius 1 is 0.381 bits per heavy atom. The van der Waals surface area contributed by atoms with Gasteiger partial charge in [0.05, 0.1) is 0 Å². The quantitative estimate of drug-likeness (QED) is 0.0475. The number of hydrogen-bond acceptors (Lipinski definition) is 2. The highest BCUT2D eigenvalue weighted by atomic mass is 16.2. The van der Waals surface area contributed by atoms with Crippen LogP contribution in [-0.2, 0) is 9.59 Å². The normalized spacial score (nSPS) is 11.6. The van der Waals surface area contributed by atoms with Gasteiger partial charge in [-0.1, -0.05) is 141 Å². The van der Waals surface area contributed by atoms with Gasteiger partial charge in [-0.15, -0.1) is 0 Å². The molecule has 0 saturated heterocycles. The molecule has 0 N–H and O–H groups in total. The SMILES string of the molecule is CCCCCCCC/C=C\CCCCCCCC(=O)N(C)N(C)C(=O)CCCCCCC/C=C/CCCCCCCC. The van der Waals surface area contributed by atoms with Crippen LogP contribution in [0.15, 0.2) is 24.3 Å². The van der Waals surface area contributed by atoms with Gasteiger partial charge >= 0.3 is 0 Å². The first-order valence-electron chi connectivity index (χ1n) is 18.4. The Bertz CT molecular complexity index is 601. The topological polar surface area (TPSA) is 40.6 Å². The Hall–Kier alpha value is -1.58. The van der Waals surface area contributed by atoms with Crippen molar-refractivity contribution in [2.24, 2.45) is 0 Å². The van der Waals surface area contributed by atoms with Crippen molar-refractivity contribution in [1.29, 1.82) is 0 Å². The summed E-state index contributed by atoms with van der Waals surface area (Å²) in [6, 6.07) is 0. The van der Waals surface area contributed by atoms with E-state index in [0.717, 1.165) is 25.7 Å². The van der Waals surface area contributed by atoms with Crippen LogP contribution in [0.5, 0.6) is 0 Å². The zero-order valence-electron chi connectivity index (χ0n) is 28.8. The van der Waals surface area contributed by atoms with Crippen molar-refractivity contribution in [3.63, 3.8) is 0 Å². The molecule has 0 aliphatic heterocycles. The van der Waals surface area contributed by atoms with Crippen LogP contribution in [0.25, 0.3) is 0 Å². The maximum Gasteiger partial charge on any atom is 0.240 e. The van der Waals surface area contributed by atoms with E-state index in [1.807, 2.05) is 0 Å². The Kier molecular flexibility index (Phi) is 31.1. The Morgan fingerprint density at radius 3 is 0.905 bits per heavy atom. The Balaban J connectivity index is 3.63. The molecule has 0 saturated carbocycles. The maximum atomic E-state index is 12.6. The number of unbranched alkanes of at least 4 members (excludes halogenated alkanes) is 22. The summed E-state index contributed by atoms with van der Waals surface area (Å²) in [7, 11) is 3.47. The second-order valence-corrected chi connectivity index (χ2v) is 12.5. The molecule has 0 aromatic rings. The van der Waals surface area contributed by atoms with Crippen molar-refractivity contribution in [2.45, 2.75) is 194 Å². The van der Waals surface area contributed by atoms with Crippen molar-refractivity contribution in [1.82, 2.24) is 10.0 Å². The molecular formula is C38H72N2O2. The van der Waals surface area contributed by atoms with E-state index in [1.54, 1.807) is 14.1 Å². The number of amides is 2. The molecule has 0 fully saturated rings. The van der Waals surface area contributed by atoms with E-state index in [4.69, 9.17) is 0 Å². The van der Waals surface area contributed by atoms with Gasteiger partial charge < -0.3 is 0 Å². The molecule has 0 radical (unpaired) electrons. The third-order valence-corrected chi connectivity index (χ3v) is 8.48.